The van der Waals surface area contributed by atoms with Crippen molar-refractivity contribution < 1.29 is 33.6 Å². The van der Waals surface area contributed by atoms with E-state index in [9.17, 15) is 14.7 Å². The lowest BCUT2D eigenvalue weighted by Gasteiger charge is -2.25. The Labute approximate surface area is 248 Å². The molecule has 11 heteroatoms. The number of thiazole rings is 1. The van der Waals surface area contributed by atoms with Gasteiger partial charge < -0.3 is 28.8 Å². The molecule has 42 heavy (non-hydrogen) atoms. The summed E-state index contributed by atoms with van der Waals surface area (Å²) in [6.45, 7) is 6.79. The van der Waals surface area contributed by atoms with E-state index in [1.807, 2.05) is 6.07 Å². The van der Waals surface area contributed by atoms with Crippen LogP contribution in [0.5, 0.6) is 23.0 Å². The van der Waals surface area contributed by atoms with Crippen LogP contribution in [0.25, 0.3) is 6.08 Å². The van der Waals surface area contributed by atoms with Crippen molar-refractivity contribution in [3.63, 3.8) is 0 Å². The molecule has 0 fully saturated rings. The molecule has 224 valence electrons. The van der Waals surface area contributed by atoms with Gasteiger partial charge in [-0.15, -0.1) is 0 Å². The molecule has 1 atom stereocenters. The Balaban J connectivity index is 1.85. The predicted octanol–water partition coefficient (Wildman–Crippen LogP) is 3.57. The lowest BCUT2D eigenvalue weighted by Crippen LogP contribution is -2.40. The Bertz CT molecular complexity index is 1650. The van der Waals surface area contributed by atoms with Gasteiger partial charge in [0.25, 0.3) is 5.56 Å². The molecule has 3 aromatic rings. The molecule has 2 aromatic carbocycles. The number of carbonyl (C=O) groups excluding carboxylic acids is 1. The number of ether oxygens (including phenoxy) is 5. The molecule has 1 aromatic heterocycles. The van der Waals surface area contributed by atoms with Gasteiger partial charge >= 0.3 is 5.97 Å². The topological polar surface area (TPSA) is 118 Å². The first kappa shape index (κ1) is 30.9. The summed E-state index contributed by atoms with van der Waals surface area (Å²) in [6.07, 6.45) is 2.58. The number of methoxy groups -OCH3 is 3. The fourth-order valence-corrected chi connectivity index (χ4v) is 5.55. The quantitative estimate of drug-likeness (QED) is 0.249. The summed E-state index contributed by atoms with van der Waals surface area (Å²) in [7, 11) is 4.53. The van der Waals surface area contributed by atoms with Crippen LogP contribution < -0.4 is 29.1 Å². The van der Waals surface area contributed by atoms with Gasteiger partial charge in [-0.3, -0.25) is 9.36 Å². The van der Waals surface area contributed by atoms with E-state index in [0.717, 1.165) is 6.42 Å². The maximum Gasteiger partial charge on any atom is 0.338 e. The fraction of sp³-hybridized carbons (Fsp3) is 0.387. The van der Waals surface area contributed by atoms with E-state index in [-0.39, 0.29) is 35.8 Å². The number of carbonyl (C=O) groups is 1. The minimum atomic E-state index is -0.827. The Hall–Kier alpha value is -4.09. The summed E-state index contributed by atoms with van der Waals surface area (Å²) in [5, 5.41) is 9.98. The van der Waals surface area contributed by atoms with Crippen LogP contribution in [0.4, 0.5) is 0 Å². The van der Waals surface area contributed by atoms with Gasteiger partial charge in [0, 0.05) is 7.11 Å². The molecule has 1 aliphatic heterocycles. The molecule has 0 bridgehead atoms. The molecule has 0 radical (unpaired) electrons. The number of hydrogen-bond donors (Lipinski definition) is 1. The highest BCUT2D eigenvalue weighted by molar-refractivity contribution is 7.07. The smallest absolute Gasteiger partial charge is 0.338 e. The van der Waals surface area contributed by atoms with Crippen LogP contribution in [-0.2, 0) is 14.3 Å². The summed E-state index contributed by atoms with van der Waals surface area (Å²) in [6, 6.07) is 9.37. The van der Waals surface area contributed by atoms with Crippen molar-refractivity contribution in [3.05, 3.63) is 78.5 Å². The molecule has 0 saturated carbocycles. The van der Waals surface area contributed by atoms with Crippen LogP contribution in [0.2, 0.25) is 0 Å². The van der Waals surface area contributed by atoms with Gasteiger partial charge in [-0.1, -0.05) is 37.3 Å². The second kappa shape index (κ2) is 13.7. The van der Waals surface area contributed by atoms with Gasteiger partial charge in [-0.25, -0.2) is 9.79 Å². The zero-order valence-corrected chi connectivity index (χ0v) is 25.4. The van der Waals surface area contributed by atoms with E-state index in [0.29, 0.717) is 50.2 Å². The van der Waals surface area contributed by atoms with Crippen LogP contribution in [0, 0.1) is 5.92 Å². The summed E-state index contributed by atoms with van der Waals surface area (Å²) in [5.74, 6) is 1.23. The van der Waals surface area contributed by atoms with E-state index < -0.39 is 12.0 Å². The molecular formula is C31H36N2O8S. The number of hydrogen-bond acceptors (Lipinski definition) is 10. The third-order valence-electron chi connectivity index (χ3n) is 6.72. The molecule has 1 N–H and O–H groups in total. The zero-order chi connectivity index (χ0) is 30.4. The first-order chi connectivity index (χ1) is 20.2. The Morgan fingerprint density at radius 1 is 1.05 bits per heavy atom. The third kappa shape index (κ3) is 6.69. The second-order valence-corrected chi connectivity index (χ2v) is 11.1. The summed E-state index contributed by atoms with van der Waals surface area (Å²) in [5.41, 5.74) is 1.65. The molecule has 10 nitrogen and oxygen atoms in total. The average Bonchev–Trinajstić information content (AvgIpc) is 3.27. The molecule has 2 heterocycles. The summed E-state index contributed by atoms with van der Waals surface area (Å²) in [4.78, 5) is 32.4. The van der Waals surface area contributed by atoms with Gasteiger partial charge in [0.1, 0.15) is 6.61 Å². The average molecular weight is 597 g/mol. The van der Waals surface area contributed by atoms with Gasteiger partial charge in [0.05, 0.1) is 49.3 Å². The van der Waals surface area contributed by atoms with Crippen LogP contribution >= 0.6 is 11.3 Å². The fourth-order valence-electron chi connectivity index (χ4n) is 4.51. The Morgan fingerprint density at radius 3 is 2.50 bits per heavy atom. The standard InChI is InChI=1S/C31H36N2O8S/c1-18(2)11-12-40-23-10-8-21(17-25(23)39-6)28-27(30(36)41-14-13-37-4)19(3)32-31-33(28)29(35)26(42-31)16-20-7-9-22(34)24(15-20)38-5/h7-10,15-18,28,34H,11-14H2,1-6H3/b26-16-. The van der Waals surface area contributed by atoms with Crippen LogP contribution in [0.3, 0.4) is 0 Å². The number of fused-ring (bicyclic) bond motifs is 1. The largest absolute Gasteiger partial charge is 0.504 e. The van der Waals surface area contributed by atoms with E-state index in [1.165, 1.54) is 36.2 Å². The minimum absolute atomic E-state index is 0.00561. The van der Waals surface area contributed by atoms with Gasteiger partial charge in [-0.05, 0) is 60.7 Å². The van der Waals surface area contributed by atoms with Crippen molar-refractivity contribution in [1.29, 1.82) is 0 Å². The number of rotatable bonds is 12. The molecule has 0 spiro atoms. The van der Waals surface area contributed by atoms with Crippen molar-refractivity contribution in [2.45, 2.75) is 33.2 Å². The number of aromatic nitrogens is 1. The number of phenolic OH excluding ortho intramolecular Hbond substituents is 1. The van der Waals surface area contributed by atoms with E-state index in [1.54, 1.807) is 44.4 Å². The lowest BCUT2D eigenvalue weighted by atomic mass is 9.95. The zero-order valence-electron chi connectivity index (χ0n) is 24.6. The van der Waals surface area contributed by atoms with Crippen molar-refractivity contribution >= 4 is 23.4 Å². The monoisotopic (exact) mass is 596 g/mol. The number of allylic oxidation sites excluding steroid dienone is 1. The maximum atomic E-state index is 13.9. The van der Waals surface area contributed by atoms with Gasteiger partial charge in [0.15, 0.2) is 27.8 Å². The highest BCUT2D eigenvalue weighted by atomic mass is 32.1. The normalized spacial score (nSPS) is 14.9. The molecule has 1 unspecified atom stereocenters. The van der Waals surface area contributed by atoms with Crippen molar-refractivity contribution in [2.75, 3.05) is 41.2 Å². The van der Waals surface area contributed by atoms with Crippen molar-refractivity contribution in [2.24, 2.45) is 10.9 Å². The first-order valence-electron chi connectivity index (χ1n) is 13.5. The highest BCUT2D eigenvalue weighted by Crippen LogP contribution is 2.36. The molecule has 0 aliphatic carbocycles. The van der Waals surface area contributed by atoms with Gasteiger partial charge in [0.2, 0.25) is 0 Å². The van der Waals surface area contributed by atoms with Crippen molar-refractivity contribution in [1.82, 2.24) is 4.57 Å². The molecule has 1 aliphatic rings. The molecule has 4 rings (SSSR count). The van der Waals surface area contributed by atoms with E-state index >= 15 is 0 Å². The number of aromatic hydroxyl groups is 1. The number of esters is 1. The number of benzene rings is 2. The second-order valence-electron chi connectivity index (χ2n) is 10.1. The Morgan fingerprint density at radius 2 is 1.81 bits per heavy atom. The van der Waals surface area contributed by atoms with E-state index in [4.69, 9.17) is 23.7 Å². The summed E-state index contributed by atoms with van der Waals surface area (Å²) >= 11 is 1.20. The maximum absolute atomic E-state index is 13.9. The summed E-state index contributed by atoms with van der Waals surface area (Å²) < 4.78 is 29.3. The van der Waals surface area contributed by atoms with Crippen molar-refractivity contribution in [3.8, 4) is 23.0 Å². The van der Waals surface area contributed by atoms with Crippen LogP contribution in [0.15, 0.2) is 57.5 Å². The number of phenols is 1. The molecule has 0 amide bonds. The third-order valence-corrected chi connectivity index (χ3v) is 7.70. The predicted molar refractivity (Wildman–Crippen MR) is 159 cm³/mol. The van der Waals surface area contributed by atoms with Crippen LogP contribution in [0.1, 0.15) is 44.4 Å². The minimum Gasteiger partial charge on any atom is -0.504 e. The molecule has 0 saturated heterocycles. The van der Waals surface area contributed by atoms with Gasteiger partial charge in [-0.2, -0.15) is 0 Å². The van der Waals surface area contributed by atoms with Crippen LogP contribution in [-0.4, -0.2) is 56.8 Å². The first-order valence-corrected chi connectivity index (χ1v) is 14.4. The SMILES string of the molecule is COCCOC(=O)C1=C(C)N=c2s/c(=C\c3ccc(O)c(OC)c3)c(=O)n2C1c1ccc(OCCC(C)C)c(OC)c1. The highest BCUT2D eigenvalue weighted by Gasteiger charge is 2.34. The Kier molecular flexibility index (Phi) is 10.1. The van der Waals surface area contributed by atoms with E-state index in [2.05, 4.69) is 18.8 Å². The lowest BCUT2D eigenvalue weighted by molar-refractivity contribution is -0.140. The molecular weight excluding hydrogens is 560 g/mol. The number of nitrogens with zero attached hydrogens (tertiary/aromatic N) is 2.